The van der Waals surface area contributed by atoms with Crippen LogP contribution in [0.15, 0.2) is 47.3 Å². The van der Waals surface area contributed by atoms with Gasteiger partial charge >= 0.3 is 0 Å². The molecule has 0 bridgehead atoms. The van der Waals surface area contributed by atoms with Crippen LogP contribution in [0.25, 0.3) is 10.9 Å². The molecule has 134 valence electrons. The van der Waals surface area contributed by atoms with Crippen LogP contribution in [0.2, 0.25) is 5.02 Å². The number of aromatic amines is 1. The van der Waals surface area contributed by atoms with Gasteiger partial charge in [-0.25, -0.2) is 9.37 Å². The first-order valence-electron chi connectivity index (χ1n) is 7.83. The molecule has 0 aliphatic carbocycles. The second kappa shape index (κ2) is 7.63. The van der Waals surface area contributed by atoms with Crippen LogP contribution < -0.4 is 10.9 Å². The molecular weight excluding hydrogens is 359 g/mol. The summed E-state index contributed by atoms with van der Waals surface area (Å²) in [5.41, 5.74) is 0.614. The third kappa shape index (κ3) is 4.44. The zero-order chi connectivity index (χ0) is 18.7. The molecule has 26 heavy (non-hydrogen) atoms. The number of amides is 1. The van der Waals surface area contributed by atoms with Crippen molar-refractivity contribution < 1.29 is 9.18 Å². The van der Waals surface area contributed by atoms with E-state index in [1.165, 1.54) is 18.2 Å². The third-order valence-corrected chi connectivity index (χ3v) is 3.89. The summed E-state index contributed by atoms with van der Waals surface area (Å²) < 4.78 is 13.1. The molecule has 6 nitrogen and oxygen atoms in total. The molecule has 2 aromatic carbocycles. The molecule has 0 aliphatic heterocycles. The van der Waals surface area contributed by atoms with Gasteiger partial charge in [0.1, 0.15) is 11.6 Å². The number of halogens is 2. The zero-order valence-corrected chi connectivity index (χ0v) is 14.7. The highest BCUT2D eigenvalue weighted by atomic mass is 35.5. The highest BCUT2D eigenvalue weighted by Crippen LogP contribution is 2.15. The quantitative estimate of drug-likeness (QED) is 0.719. The van der Waals surface area contributed by atoms with Crippen molar-refractivity contribution in [1.82, 2.24) is 14.9 Å². The predicted molar refractivity (Wildman–Crippen MR) is 98.7 cm³/mol. The predicted octanol–water partition coefficient (Wildman–Crippen LogP) is 2.79. The van der Waals surface area contributed by atoms with E-state index in [4.69, 9.17) is 11.6 Å². The number of H-pyrrole nitrogens is 1. The van der Waals surface area contributed by atoms with Crippen LogP contribution in [-0.2, 0) is 11.3 Å². The third-order valence-electron chi connectivity index (χ3n) is 3.66. The van der Waals surface area contributed by atoms with Gasteiger partial charge in [-0.3, -0.25) is 14.5 Å². The molecule has 1 heterocycles. The maximum atomic E-state index is 13.1. The Bertz CT molecular complexity index is 1020. The second-order valence-corrected chi connectivity index (χ2v) is 6.34. The first kappa shape index (κ1) is 18.0. The maximum absolute atomic E-state index is 13.1. The average molecular weight is 375 g/mol. The SMILES string of the molecule is CN(CC(=O)Nc1cccc(F)c1)Cc1nc2cc(Cl)ccc2c(=O)[nH]1. The van der Waals surface area contributed by atoms with Gasteiger partial charge in [-0.1, -0.05) is 17.7 Å². The van der Waals surface area contributed by atoms with Gasteiger partial charge in [0.15, 0.2) is 0 Å². The number of benzene rings is 2. The van der Waals surface area contributed by atoms with Crippen molar-refractivity contribution in [2.45, 2.75) is 6.54 Å². The molecule has 0 atom stereocenters. The minimum atomic E-state index is -0.423. The summed E-state index contributed by atoms with van der Waals surface area (Å²) in [7, 11) is 1.72. The Hall–Kier alpha value is -2.77. The molecule has 3 rings (SSSR count). The van der Waals surface area contributed by atoms with Crippen molar-refractivity contribution in [1.29, 1.82) is 0 Å². The zero-order valence-electron chi connectivity index (χ0n) is 13.9. The number of hydrogen-bond acceptors (Lipinski definition) is 4. The minimum absolute atomic E-state index is 0.0494. The molecular formula is C18H16ClFN4O2. The van der Waals surface area contributed by atoms with Gasteiger partial charge in [0.25, 0.3) is 5.56 Å². The molecule has 3 aromatic rings. The fraction of sp³-hybridized carbons (Fsp3) is 0.167. The largest absolute Gasteiger partial charge is 0.325 e. The van der Waals surface area contributed by atoms with Gasteiger partial charge in [0.05, 0.1) is 24.0 Å². The molecule has 0 unspecified atom stereocenters. The Balaban J connectivity index is 1.67. The topological polar surface area (TPSA) is 78.1 Å². The highest BCUT2D eigenvalue weighted by Gasteiger charge is 2.11. The van der Waals surface area contributed by atoms with Gasteiger partial charge in [0.2, 0.25) is 5.91 Å². The van der Waals surface area contributed by atoms with Crippen LogP contribution >= 0.6 is 11.6 Å². The number of hydrogen-bond donors (Lipinski definition) is 2. The monoisotopic (exact) mass is 374 g/mol. The number of rotatable bonds is 5. The van der Waals surface area contributed by atoms with E-state index in [-0.39, 0.29) is 24.6 Å². The van der Waals surface area contributed by atoms with Gasteiger partial charge in [-0.2, -0.15) is 0 Å². The lowest BCUT2D eigenvalue weighted by molar-refractivity contribution is -0.117. The van der Waals surface area contributed by atoms with Crippen molar-refractivity contribution >= 4 is 34.1 Å². The fourth-order valence-electron chi connectivity index (χ4n) is 2.56. The van der Waals surface area contributed by atoms with E-state index in [2.05, 4.69) is 15.3 Å². The van der Waals surface area contributed by atoms with Gasteiger partial charge in [0, 0.05) is 10.7 Å². The molecule has 1 aromatic heterocycles. The van der Waals surface area contributed by atoms with Crippen molar-refractivity contribution in [3.63, 3.8) is 0 Å². The van der Waals surface area contributed by atoms with Crippen LogP contribution in [0.3, 0.4) is 0 Å². The Morgan fingerprint density at radius 3 is 2.88 bits per heavy atom. The molecule has 0 saturated carbocycles. The highest BCUT2D eigenvalue weighted by molar-refractivity contribution is 6.31. The first-order chi connectivity index (χ1) is 12.4. The first-order valence-corrected chi connectivity index (χ1v) is 8.21. The van der Waals surface area contributed by atoms with Gasteiger partial charge in [-0.15, -0.1) is 0 Å². The van der Waals surface area contributed by atoms with Gasteiger partial charge < -0.3 is 10.3 Å². The smallest absolute Gasteiger partial charge is 0.258 e. The summed E-state index contributed by atoms with van der Waals surface area (Å²) in [6.45, 7) is 0.308. The molecule has 0 radical (unpaired) electrons. The Kier molecular flexibility index (Phi) is 5.29. The Morgan fingerprint density at radius 2 is 2.12 bits per heavy atom. The summed E-state index contributed by atoms with van der Waals surface area (Å²) in [6.07, 6.45) is 0. The molecule has 1 amide bonds. The number of aromatic nitrogens is 2. The number of fused-ring (bicyclic) bond motifs is 1. The van der Waals surface area contributed by atoms with E-state index in [9.17, 15) is 14.0 Å². The summed E-state index contributed by atoms with van der Waals surface area (Å²) in [5.74, 6) is -0.303. The van der Waals surface area contributed by atoms with Crippen LogP contribution in [0.1, 0.15) is 5.82 Å². The summed E-state index contributed by atoms with van der Waals surface area (Å²) in [4.78, 5) is 32.9. The molecule has 0 fully saturated rings. The molecule has 0 saturated heterocycles. The van der Waals surface area contributed by atoms with Crippen LogP contribution in [-0.4, -0.2) is 34.4 Å². The van der Waals surface area contributed by atoms with Crippen LogP contribution in [0.4, 0.5) is 10.1 Å². The van der Waals surface area contributed by atoms with E-state index in [1.54, 1.807) is 36.2 Å². The number of carbonyl (C=O) groups excluding carboxylic acids is 1. The van der Waals surface area contributed by atoms with E-state index in [1.807, 2.05) is 0 Å². The Morgan fingerprint density at radius 1 is 1.31 bits per heavy atom. The summed E-state index contributed by atoms with van der Waals surface area (Å²) in [5, 5.41) is 3.56. The van der Waals surface area contributed by atoms with Crippen molar-refractivity contribution in [3.8, 4) is 0 Å². The normalized spacial score (nSPS) is 11.1. The molecule has 0 aliphatic rings. The van der Waals surface area contributed by atoms with Crippen molar-refractivity contribution in [3.05, 3.63) is 69.5 Å². The van der Waals surface area contributed by atoms with E-state index < -0.39 is 5.82 Å². The molecule has 0 spiro atoms. The minimum Gasteiger partial charge on any atom is -0.325 e. The van der Waals surface area contributed by atoms with E-state index >= 15 is 0 Å². The number of nitrogens with one attached hydrogen (secondary N) is 2. The maximum Gasteiger partial charge on any atom is 0.258 e. The average Bonchev–Trinajstić information content (AvgIpc) is 2.53. The number of nitrogens with zero attached hydrogens (tertiary/aromatic N) is 2. The van der Waals surface area contributed by atoms with Crippen molar-refractivity contribution in [2.75, 3.05) is 18.9 Å². The van der Waals surface area contributed by atoms with Crippen LogP contribution in [0, 0.1) is 5.82 Å². The second-order valence-electron chi connectivity index (χ2n) is 5.90. The fourth-order valence-corrected chi connectivity index (χ4v) is 2.73. The van der Waals surface area contributed by atoms with Crippen LogP contribution in [0.5, 0.6) is 0 Å². The summed E-state index contributed by atoms with van der Waals surface area (Å²) >= 11 is 5.94. The standard InChI is InChI=1S/C18H16ClFN4O2/c1-24(10-17(25)21-13-4-2-3-12(20)8-13)9-16-22-15-7-11(19)5-6-14(15)18(26)23-16/h2-8H,9-10H2,1H3,(H,21,25)(H,22,23,26). The molecule has 2 N–H and O–H groups in total. The lowest BCUT2D eigenvalue weighted by Crippen LogP contribution is -2.31. The van der Waals surface area contributed by atoms with E-state index in [0.717, 1.165) is 0 Å². The lowest BCUT2D eigenvalue weighted by Gasteiger charge is -2.16. The lowest BCUT2D eigenvalue weighted by atomic mass is 10.2. The summed E-state index contributed by atoms with van der Waals surface area (Å²) in [6, 6.07) is 10.5. The number of carbonyl (C=O) groups is 1. The number of likely N-dealkylation sites (N-methyl/N-ethyl adjacent to an activating group) is 1. The van der Waals surface area contributed by atoms with Gasteiger partial charge in [-0.05, 0) is 43.4 Å². The van der Waals surface area contributed by atoms with E-state index in [0.29, 0.717) is 27.4 Å². The number of anilines is 1. The Labute approximate surface area is 153 Å². The van der Waals surface area contributed by atoms with Crippen molar-refractivity contribution in [2.24, 2.45) is 0 Å². The molecule has 8 heteroatoms.